The van der Waals surface area contributed by atoms with Crippen molar-refractivity contribution in [3.05, 3.63) is 53.8 Å². The third kappa shape index (κ3) is 2.57. The molecule has 2 aliphatic rings. The Bertz CT molecular complexity index is 1020. The lowest BCUT2D eigenvalue weighted by Gasteiger charge is -2.34. The summed E-state index contributed by atoms with van der Waals surface area (Å²) in [6, 6.07) is 13.2. The second kappa shape index (κ2) is 6.07. The molecule has 2 aromatic carbocycles. The van der Waals surface area contributed by atoms with Crippen molar-refractivity contribution in [2.24, 2.45) is 4.99 Å². The summed E-state index contributed by atoms with van der Waals surface area (Å²) in [6.45, 7) is 3.91. The Kier molecular flexibility index (Phi) is 3.69. The molecule has 0 atom stereocenters. The zero-order chi connectivity index (χ0) is 17.7. The van der Waals surface area contributed by atoms with Gasteiger partial charge in [-0.3, -0.25) is 0 Å². The maximum Gasteiger partial charge on any atom is 0.140 e. The highest BCUT2D eigenvalue weighted by Gasteiger charge is 2.27. The number of hydrogen-bond acceptors (Lipinski definition) is 5. The Labute approximate surface area is 155 Å². The van der Waals surface area contributed by atoms with Crippen LogP contribution in [-0.2, 0) is 0 Å². The van der Waals surface area contributed by atoms with Gasteiger partial charge in [0.2, 0.25) is 0 Å². The zero-order valence-electron chi connectivity index (χ0n) is 14.5. The second-order valence-electron chi connectivity index (χ2n) is 6.81. The Morgan fingerprint density at radius 3 is 2.73 bits per heavy atom. The van der Waals surface area contributed by atoms with Crippen LogP contribution in [0.3, 0.4) is 0 Å². The first-order valence-electron chi connectivity index (χ1n) is 8.80. The van der Waals surface area contributed by atoms with Crippen molar-refractivity contribution in [2.75, 3.05) is 38.5 Å². The van der Waals surface area contributed by atoms with E-state index in [1.54, 1.807) is 17.4 Å². The highest BCUT2D eigenvalue weighted by Crippen LogP contribution is 2.43. The van der Waals surface area contributed by atoms with E-state index in [1.165, 1.54) is 22.2 Å². The summed E-state index contributed by atoms with van der Waals surface area (Å²) >= 11 is 1.70. The lowest BCUT2D eigenvalue weighted by Crippen LogP contribution is -2.47. The Morgan fingerprint density at radius 1 is 1.08 bits per heavy atom. The van der Waals surface area contributed by atoms with Crippen molar-refractivity contribution in [1.29, 1.82) is 0 Å². The highest BCUT2D eigenvalue weighted by atomic mass is 32.1. The molecule has 0 bridgehead atoms. The van der Waals surface area contributed by atoms with E-state index >= 15 is 0 Å². The molecule has 0 saturated carbocycles. The number of thiophene rings is 1. The minimum atomic E-state index is -0.253. The predicted molar refractivity (Wildman–Crippen MR) is 107 cm³/mol. The van der Waals surface area contributed by atoms with Crippen LogP contribution in [0.1, 0.15) is 5.56 Å². The number of piperazine rings is 1. The molecule has 3 aromatic rings. The average molecular weight is 366 g/mol. The van der Waals surface area contributed by atoms with Crippen molar-refractivity contribution >= 4 is 43.6 Å². The van der Waals surface area contributed by atoms with Crippen LogP contribution in [0.4, 0.5) is 20.8 Å². The van der Waals surface area contributed by atoms with Crippen molar-refractivity contribution < 1.29 is 4.39 Å². The molecule has 132 valence electrons. The monoisotopic (exact) mass is 366 g/mol. The number of anilines is 2. The third-order valence-electron chi connectivity index (χ3n) is 5.06. The summed E-state index contributed by atoms with van der Waals surface area (Å²) in [6.07, 6.45) is 0. The van der Waals surface area contributed by atoms with Crippen LogP contribution in [0.2, 0.25) is 0 Å². The van der Waals surface area contributed by atoms with E-state index in [2.05, 4.69) is 46.4 Å². The summed E-state index contributed by atoms with van der Waals surface area (Å²) in [5, 5.41) is 5.67. The number of rotatable bonds is 0. The third-order valence-corrected chi connectivity index (χ3v) is 6.14. The Morgan fingerprint density at radius 2 is 1.88 bits per heavy atom. The Balaban J connectivity index is 1.72. The predicted octanol–water partition coefficient (Wildman–Crippen LogP) is 4.42. The van der Waals surface area contributed by atoms with E-state index in [0.29, 0.717) is 0 Å². The van der Waals surface area contributed by atoms with Crippen LogP contribution < -0.4 is 5.32 Å². The van der Waals surface area contributed by atoms with E-state index in [4.69, 9.17) is 4.99 Å². The quantitative estimate of drug-likeness (QED) is 0.639. The van der Waals surface area contributed by atoms with Gasteiger partial charge in [0.1, 0.15) is 16.7 Å². The number of likely N-dealkylation sites (N-methyl/N-ethyl adjacent to an activating group) is 1. The summed E-state index contributed by atoms with van der Waals surface area (Å²) < 4.78 is 15.0. The largest absolute Gasteiger partial charge is 0.353 e. The maximum absolute atomic E-state index is 13.8. The van der Waals surface area contributed by atoms with Gasteiger partial charge in [-0.1, -0.05) is 18.2 Å². The maximum atomic E-state index is 13.8. The van der Waals surface area contributed by atoms with Crippen LogP contribution in [-0.4, -0.2) is 48.9 Å². The molecule has 0 amide bonds. The van der Waals surface area contributed by atoms with E-state index in [0.717, 1.165) is 54.0 Å². The molecule has 1 saturated heterocycles. The number of nitrogens with zero attached hydrogens (tertiary/aromatic N) is 3. The molecule has 3 heterocycles. The first-order valence-corrected chi connectivity index (χ1v) is 9.61. The number of halogens is 1. The minimum absolute atomic E-state index is 0.253. The summed E-state index contributed by atoms with van der Waals surface area (Å²) in [4.78, 5) is 9.69. The smallest absolute Gasteiger partial charge is 0.140 e. The standard InChI is InChI=1S/C20H19FN4S/c1-24-8-10-25(11-9-24)19-18-14-4-2-3-5-17(14)26-20(18)23-16-12-13(21)6-7-15(16)22-19/h2-7,12,23H,8-11H2,1H3. The fraction of sp³-hybridized carbons (Fsp3) is 0.250. The highest BCUT2D eigenvalue weighted by molar-refractivity contribution is 7.23. The van der Waals surface area contributed by atoms with Gasteiger partial charge in [-0.15, -0.1) is 11.3 Å². The van der Waals surface area contributed by atoms with Crippen molar-refractivity contribution in [1.82, 2.24) is 9.80 Å². The summed E-state index contributed by atoms with van der Waals surface area (Å²) in [7, 11) is 2.15. The van der Waals surface area contributed by atoms with Crippen LogP contribution in [0.15, 0.2) is 47.5 Å². The van der Waals surface area contributed by atoms with Gasteiger partial charge >= 0.3 is 0 Å². The van der Waals surface area contributed by atoms with Gasteiger partial charge in [-0.25, -0.2) is 9.38 Å². The first-order chi connectivity index (χ1) is 12.7. The summed E-state index contributed by atoms with van der Waals surface area (Å²) in [5.41, 5.74) is 2.64. The molecule has 0 radical (unpaired) electrons. The molecular formula is C20H19FN4S. The van der Waals surface area contributed by atoms with Crippen LogP contribution in [0, 0.1) is 5.82 Å². The zero-order valence-corrected chi connectivity index (χ0v) is 15.3. The molecule has 0 spiro atoms. The van der Waals surface area contributed by atoms with Crippen molar-refractivity contribution in [3.8, 4) is 0 Å². The van der Waals surface area contributed by atoms with E-state index < -0.39 is 0 Å². The van der Waals surface area contributed by atoms with Gasteiger partial charge in [-0.05, 0) is 31.3 Å². The van der Waals surface area contributed by atoms with E-state index in [9.17, 15) is 4.39 Å². The average Bonchev–Trinajstić information content (AvgIpc) is 2.92. The molecular weight excluding hydrogens is 347 g/mol. The molecule has 1 fully saturated rings. The second-order valence-corrected chi connectivity index (χ2v) is 7.87. The lowest BCUT2D eigenvalue weighted by molar-refractivity contribution is 0.216. The van der Waals surface area contributed by atoms with Crippen LogP contribution in [0.5, 0.6) is 0 Å². The van der Waals surface area contributed by atoms with Gasteiger partial charge in [0.15, 0.2) is 0 Å². The fourth-order valence-corrected chi connectivity index (χ4v) is 4.71. The van der Waals surface area contributed by atoms with Crippen LogP contribution >= 0.6 is 11.3 Å². The molecule has 1 N–H and O–H groups in total. The number of aliphatic imine (C=N–C) groups is 1. The van der Waals surface area contributed by atoms with Crippen molar-refractivity contribution in [3.63, 3.8) is 0 Å². The SMILES string of the molecule is CN1CCN(C2=Nc3ccc(F)cc3Nc3sc4ccccc4c32)CC1. The van der Waals surface area contributed by atoms with E-state index in [-0.39, 0.29) is 5.82 Å². The fourth-order valence-electron chi connectivity index (χ4n) is 3.60. The number of nitrogens with one attached hydrogen (secondary N) is 1. The molecule has 6 heteroatoms. The number of fused-ring (bicyclic) bond motifs is 4. The van der Waals surface area contributed by atoms with Gasteiger partial charge in [0.25, 0.3) is 0 Å². The van der Waals surface area contributed by atoms with Gasteiger partial charge < -0.3 is 15.1 Å². The molecule has 1 aromatic heterocycles. The number of hydrogen-bond donors (Lipinski definition) is 1. The normalized spacial score (nSPS) is 17.3. The van der Waals surface area contributed by atoms with Gasteiger partial charge in [-0.2, -0.15) is 0 Å². The minimum Gasteiger partial charge on any atom is -0.353 e. The first kappa shape index (κ1) is 15.8. The molecule has 0 unspecified atom stereocenters. The Hall–Kier alpha value is -2.44. The molecule has 4 nitrogen and oxygen atoms in total. The molecule has 2 aliphatic heterocycles. The molecule has 5 rings (SSSR count). The van der Waals surface area contributed by atoms with Crippen LogP contribution in [0.25, 0.3) is 10.1 Å². The topological polar surface area (TPSA) is 30.9 Å². The molecule has 0 aliphatic carbocycles. The van der Waals surface area contributed by atoms with Gasteiger partial charge in [0, 0.05) is 36.3 Å². The molecule has 26 heavy (non-hydrogen) atoms. The van der Waals surface area contributed by atoms with Gasteiger partial charge in [0.05, 0.1) is 16.9 Å². The number of amidine groups is 1. The number of benzene rings is 2. The van der Waals surface area contributed by atoms with E-state index in [1.807, 2.05) is 0 Å². The summed E-state index contributed by atoms with van der Waals surface area (Å²) in [5.74, 6) is 0.737. The lowest BCUT2D eigenvalue weighted by atomic mass is 10.1. The van der Waals surface area contributed by atoms with Crippen molar-refractivity contribution in [2.45, 2.75) is 0 Å².